The minimum Gasteiger partial charge on any atom is -0.469 e. The molecule has 2 rings (SSSR count). The van der Waals surface area contributed by atoms with E-state index in [1.807, 2.05) is 26.8 Å². The molecule has 1 heterocycles. The number of nitrogens with zero attached hydrogens (tertiary/aromatic N) is 1. The molecule has 0 fully saturated rings. The Morgan fingerprint density at radius 1 is 1.35 bits per heavy atom. The first-order valence-corrected chi connectivity index (χ1v) is 8.59. The number of allylic oxidation sites excluding steroid dienone is 2. The molecule has 0 saturated heterocycles. The Bertz CT molecular complexity index is 816. The van der Waals surface area contributed by atoms with E-state index >= 15 is 0 Å². The molecule has 0 spiro atoms. The van der Waals surface area contributed by atoms with Crippen LogP contribution in [0.3, 0.4) is 0 Å². The highest BCUT2D eigenvalue weighted by Gasteiger charge is 2.30. The third kappa shape index (κ3) is 3.92. The molecular formula is C20H23NO5. The van der Waals surface area contributed by atoms with Gasteiger partial charge >= 0.3 is 11.9 Å². The van der Waals surface area contributed by atoms with Crippen molar-refractivity contribution in [2.75, 3.05) is 7.11 Å². The average Bonchev–Trinajstić information content (AvgIpc) is 3.02. The summed E-state index contributed by atoms with van der Waals surface area (Å²) in [6, 6.07) is 0. The molecule has 0 aliphatic carbocycles. The Kier molecular flexibility index (Phi) is 6.47. The van der Waals surface area contributed by atoms with E-state index in [1.165, 1.54) is 7.11 Å². The lowest BCUT2D eigenvalue weighted by atomic mass is 9.88. The third-order valence-corrected chi connectivity index (χ3v) is 4.76. The van der Waals surface area contributed by atoms with Gasteiger partial charge in [-0.1, -0.05) is 18.6 Å². The largest absolute Gasteiger partial charge is 0.469 e. The van der Waals surface area contributed by atoms with E-state index in [9.17, 15) is 14.4 Å². The zero-order valence-corrected chi connectivity index (χ0v) is 15.6. The van der Waals surface area contributed by atoms with Gasteiger partial charge in [0, 0.05) is 12.0 Å². The molecule has 0 bridgehead atoms. The van der Waals surface area contributed by atoms with Gasteiger partial charge in [-0.05, 0) is 49.8 Å². The number of fused-ring (bicyclic) bond motifs is 1. The number of carbonyl (C=O) groups excluding carboxylic acids is 3. The molecule has 0 aromatic heterocycles. The van der Waals surface area contributed by atoms with Crippen LogP contribution in [-0.4, -0.2) is 25.1 Å². The Hall–Kier alpha value is -2.72. The van der Waals surface area contributed by atoms with Crippen LogP contribution in [0, 0.1) is 6.92 Å². The van der Waals surface area contributed by atoms with Crippen LogP contribution in [0.5, 0.6) is 0 Å². The molecule has 0 saturated carbocycles. The number of aliphatic imine (C=N–C) groups is 1. The van der Waals surface area contributed by atoms with Crippen LogP contribution in [0.4, 0.5) is 5.69 Å². The molecule has 1 aliphatic heterocycles. The summed E-state index contributed by atoms with van der Waals surface area (Å²) in [6.45, 7) is 6.14. The van der Waals surface area contributed by atoms with E-state index in [0.717, 1.165) is 34.2 Å². The fourth-order valence-electron chi connectivity index (χ4n) is 3.29. The van der Waals surface area contributed by atoms with Crippen molar-refractivity contribution in [2.24, 2.45) is 4.99 Å². The summed E-state index contributed by atoms with van der Waals surface area (Å²) >= 11 is 0. The van der Waals surface area contributed by atoms with Gasteiger partial charge in [0.1, 0.15) is 6.61 Å². The molecular weight excluding hydrogens is 334 g/mol. The fraction of sp³-hybridized carbons (Fsp3) is 0.450. The lowest BCUT2D eigenvalue weighted by Gasteiger charge is -2.16. The SMILES string of the molecule is CCc1c(C)c2c(c(N=C=O)c1CC=C(C)CCC(=O)OC)C(=O)OC2. The van der Waals surface area contributed by atoms with Crippen molar-refractivity contribution in [3.8, 4) is 0 Å². The summed E-state index contributed by atoms with van der Waals surface area (Å²) in [5.41, 5.74) is 5.47. The Labute approximate surface area is 152 Å². The summed E-state index contributed by atoms with van der Waals surface area (Å²) in [7, 11) is 1.37. The first kappa shape index (κ1) is 19.6. The first-order chi connectivity index (χ1) is 12.4. The lowest BCUT2D eigenvalue weighted by Crippen LogP contribution is -2.05. The number of isocyanates is 1. The number of benzene rings is 1. The second-order valence-corrected chi connectivity index (χ2v) is 6.25. The number of cyclic esters (lactones) is 1. The molecule has 1 aromatic carbocycles. The number of rotatable bonds is 7. The van der Waals surface area contributed by atoms with Crippen molar-refractivity contribution in [3.63, 3.8) is 0 Å². The minimum atomic E-state index is -0.451. The van der Waals surface area contributed by atoms with Crippen LogP contribution in [0.15, 0.2) is 16.6 Å². The third-order valence-electron chi connectivity index (χ3n) is 4.76. The van der Waals surface area contributed by atoms with Crippen molar-refractivity contribution < 1.29 is 23.9 Å². The van der Waals surface area contributed by atoms with Crippen LogP contribution in [0.1, 0.15) is 59.3 Å². The van der Waals surface area contributed by atoms with Gasteiger partial charge in [0.15, 0.2) is 0 Å². The molecule has 6 nitrogen and oxygen atoms in total. The molecule has 0 N–H and O–H groups in total. The quantitative estimate of drug-likeness (QED) is 0.322. The van der Waals surface area contributed by atoms with Crippen LogP contribution in [0.25, 0.3) is 0 Å². The fourth-order valence-corrected chi connectivity index (χ4v) is 3.29. The Morgan fingerprint density at radius 2 is 2.08 bits per heavy atom. The monoisotopic (exact) mass is 357 g/mol. The number of methoxy groups -OCH3 is 1. The van der Waals surface area contributed by atoms with E-state index in [4.69, 9.17) is 4.74 Å². The summed E-state index contributed by atoms with van der Waals surface area (Å²) in [6.07, 6.45) is 5.72. The molecule has 0 atom stereocenters. The normalized spacial score (nSPS) is 13.1. The van der Waals surface area contributed by atoms with Crippen LogP contribution in [-0.2, 0) is 38.5 Å². The molecule has 6 heteroatoms. The predicted octanol–water partition coefficient (Wildman–Crippen LogP) is 3.64. The van der Waals surface area contributed by atoms with E-state index < -0.39 is 5.97 Å². The van der Waals surface area contributed by atoms with Gasteiger partial charge in [-0.15, -0.1) is 0 Å². The number of hydrogen-bond donors (Lipinski definition) is 0. The molecule has 1 aliphatic rings. The van der Waals surface area contributed by atoms with Gasteiger partial charge < -0.3 is 9.47 Å². The number of esters is 2. The maximum Gasteiger partial charge on any atom is 0.341 e. The van der Waals surface area contributed by atoms with E-state index in [2.05, 4.69) is 9.73 Å². The molecule has 0 radical (unpaired) electrons. The minimum absolute atomic E-state index is 0.211. The molecule has 0 amide bonds. The zero-order chi connectivity index (χ0) is 19.3. The van der Waals surface area contributed by atoms with E-state index in [1.54, 1.807) is 6.08 Å². The average molecular weight is 357 g/mol. The van der Waals surface area contributed by atoms with Gasteiger partial charge in [-0.3, -0.25) is 4.79 Å². The summed E-state index contributed by atoms with van der Waals surface area (Å²) in [5, 5.41) is 0. The van der Waals surface area contributed by atoms with Crippen molar-refractivity contribution in [1.82, 2.24) is 0 Å². The second kappa shape index (κ2) is 8.59. The summed E-state index contributed by atoms with van der Waals surface area (Å²) in [4.78, 5) is 38.2. The zero-order valence-electron chi connectivity index (χ0n) is 15.6. The second-order valence-electron chi connectivity index (χ2n) is 6.25. The maximum atomic E-state index is 12.1. The van der Waals surface area contributed by atoms with Crippen molar-refractivity contribution >= 4 is 23.7 Å². The van der Waals surface area contributed by atoms with Crippen molar-refractivity contribution in [3.05, 3.63) is 39.5 Å². The van der Waals surface area contributed by atoms with Gasteiger partial charge in [0.05, 0.1) is 18.4 Å². The van der Waals surface area contributed by atoms with Crippen LogP contribution in [0.2, 0.25) is 0 Å². The van der Waals surface area contributed by atoms with Crippen LogP contribution >= 0.6 is 0 Å². The Balaban J connectivity index is 2.45. The number of ether oxygens (including phenoxy) is 2. The highest BCUT2D eigenvalue weighted by molar-refractivity contribution is 6.00. The molecule has 26 heavy (non-hydrogen) atoms. The van der Waals surface area contributed by atoms with Crippen molar-refractivity contribution in [1.29, 1.82) is 0 Å². The van der Waals surface area contributed by atoms with Crippen LogP contribution < -0.4 is 0 Å². The number of hydrogen-bond acceptors (Lipinski definition) is 6. The van der Waals surface area contributed by atoms with Crippen molar-refractivity contribution in [2.45, 2.75) is 53.1 Å². The smallest absolute Gasteiger partial charge is 0.341 e. The van der Waals surface area contributed by atoms with E-state index in [-0.39, 0.29) is 12.6 Å². The highest BCUT2D eigenvalue weighted by Crippen LogP contribution is 2.39. The predicted molar refractivity (Wildman–Crippen MR) is 96.2 cm³/mol. The van der Waals surface area contributed by atoms with Gasteiger partial charge in [0.25, 0.3) is 0 Å². The lowest BCUT2D eigenvalue weighted by molar-refractivity contribution is -0.140. The molecule has 138 valence electrons. The van der Waals surface area contributed by atoms with Gasteiger partial charge in [0.2, 0.25) is 6.08 Å². The van der Waals surface area contributed by atoms with Gasteiger partial charge in [-0.25, -0.2) is 9.59 Å². The standard InChI is InChI=1S/C20H23NO5/c1-5-14-13(3)16-10-26-20(24)18(16)19(21-11-22)15(14)8-6-12(2)7-9-17(23)25-4/h6H,5,7-10H2,1-4H3. The maximum absolute atomic E-state index is 12.1. The summed E-state index contributed by atoms with van der Waals surface area (Å²) < 4.78 is 9.81. The summed E-state index contributed by atoms with van der Waals surface area (Å²) in [5.74, 6) is -0.707. The molecule has 1 aromatic rings. The molecule has 0 unspecified atom stereocenters. The highest BCUT2D eigenvalue weighted by atomic mass is 16.5. The van der Waals surface area contributed by atoms with Gasteiger partial charge in [-0.2, -0.15) is 4.99 Å². The van der Waals surface area contributed by atoms with E-state index in [0.29, 0.717) is 30.5 Å². The first-order valence-electron chi connectivity index (χ1n) is 8.59. The number of carbonyl (C=O) groups is 2. The Morgan fingerprint density at radius 3 is 2.69 bits per heavy atom. The topological polar surface area (TPSA) is 82.0 Å².